The van der Waals surface area contributed by atoms with Gasteiger partial charge in [0.1, 0.15) is 4.21 Å². The summed E-state index contributed by atoms with van der Waals surface area (Å²) in [5.74, 6) is 0. The predicted molar refractivity (Wildman–Crippen MR) is 72.8 cm³/mol. The number of unbranched alkanes of at least 4 members (excludes halogenated alkanes) is 3. The van der Waals surface area contributed by atoms with Gasteiger partial charge in [0, 0.05) is 13.2 Å². The molecule has 0 fully saturated rings. The fraction of sp³-hybridized carbons (Fsp3) is 0.600. The van der Waals surface area contributed by atoms with E-state index in [-0.39, 0.29) is 6.61 Å². The molecule has 0 saturated heterocycles. The zero-order valence-electron chi connectivity index (χ0n) is 9.36. The van der Waals surface area contributed by atoms with E-state index in [2.05, 4.69) is 20.7 Å². The molecular weight excluding hydrogens is 326 g/mol. The zero-order valence-corrected chi connectivity index (χ0v) is 12.6. The Morgan fingerprint density at radius 2 is 1.94 bits per heavy atom. The zero-order chi connectivity index (χ0) is 12.7. The topological polar surface area (TPSA) is 66.4 Å². The highest BCUT2D eigenvalue weighted by molar-refractivity contribution is 9.11. The van der Waals surface area contributed by atoms with Crippen molar-refractivity contribution in [3.63, 3.8) is 0 Å². The Labute approximate surface area is 114 Å². The normalized spacial score (nSPS) is 11.9. The van der Waals surface area contributed by atoms with Crippen LogP contribution in [0, 0.1) is 0 Å². The predicted octanol–water partition coefficient (Wildman–Crippen LogP) is 2.34. The second kappa shape index (κ2) is 7.48. The number of halogens is 1. The monoisotopic (exact) mass is 341 g/mol. The molecular formula is C10H16BrNO3S2. The highest BCUT2D eigenvalue weighted by Crippen LogP contribution is 2.25. The molecule has 0 bridgehead atoms. The van der Waals surface area contributed by atoms with Crippen LogP contribution in [-0.2, 0) is 10.0 Å². The van der Waals surface area contributed by atoms with Crippen molar-refractivity contribution in [2.75, 3.05) is 13.2 Å². The van der Waals surface area contributed by atoms with Crippen molar-refractivity contribution in [3.05, 3.63) is 15.9 Å². The maximum absolute atomic E-state index is 11.8. The van der Waals surface area contributed by atoms with Gasteiger partial charge < -0.3 is 5.11 Å². The van der Waals surface area contributed by atoms with Gasteiger partial charge >= 0.3 is 0 Å². The van der Waals surface area contributed by atoms with E-state index in [1.54, 1.807) is 12.1 Å². The van der Waals surface area contributed by atoms with Crippen LogP contribution in [0.15, 0.2) is 20.1 Å². The van der Waals surface area contributed by atoms with Crippen molar-refractivity contribution in [1.29, 1.82) is 0 Å². The number of thiophene rings is 1. The molecule has 4 nitrogen and oxygen atoms in total. The minimum atomic E-state index is -3.34. The molecule has 7 heteroatoms. The molecule has 1 rings (SSSR count). The lowest BCUT2D eigenvalue weighted by molar-refractivity contribution is 0.282. The quantitative estimate of drug-likeness (QED) is 0.713. The van der Waals surface area contributed by atoms with Gasteiger partial charge in [0.25, 0.3) is 0 Å². The maximum Gasteiger partial charge on any atom is 0.250 e. The molecule has 0 amide bonds. The first-order chi connectivity index (χ1) is 8.06. The number of hydrogen-bond donors (Lipinski definition) is 2. The third-order valence-corrected chi connectivity index (χ3v) is 5.77. The lowest BCUT2D eigenvalue weighted by Gasteiger charge is -2.04. The molecule has 0 aromatic carbocycles. The fourth-order valence-electron chi connectivity index (χ4n) is 1.31. The summed E-state index contributed by atoms with van der Waals surface area (Å²) in [6, 6.07) is 3.31. The van der Waals surface area contributed by atoms with Crippen LogP contribution >= 0.6 is 27.3 Å². The van der Waals surface area contributed by atoms with Crippen LogP contribution in [0.2, 0.25) is 0 Å². The molecule has 1 aromatic heterocycles. The van der Waals surface area contributed by atoms with Crippen molar-refractivity contribution in [2.45, 2.75) is 29.9 Å². The third-order valence-electron chi connectivity index (χ3n) is 2.19. The first-order valence-corrected chi connectivity index (χ1v) is 8.51. The average molecular weight is 342 g/mol. The van der Waals surface area contributed by atoms with Gasteiger partial charge in [0.15, 0.2) is 0 Å². The second-order valence-electron chi connectivity index (χ2n) is 3.59. The molecule has 17 heavy (non-hydrogen) atoms. The molecule has 0 aliphatic rings. The molecule has 0 spiro atoms. The highest BCUT2D eigenvalue weighted by Gasteiger charge is 2.15. The van der Waals surface area contributed by atoms with Gasteiger partial charge in [-0.15, -0.1) is 11.3 Å². The van der Waals surface area contributed by atoms with Crippen LogP contribution in [0.3, 0.4) is 0 Å². The molecule has 1 heterocycles. The average Bonchev–Trinajstić information content (AvgIpc) is 2.71. The van der Waals surface area contributed by atoms with Crippen molar-refractivity contribution in [1.82, 2.24) is 4.72 Å². The van der Waals surface area contributed by atoms with Gasteiger partial charge in [-0.1, -0.05) is 12.8 Å². The van der Waals surface area contributed by atoms with Crippen LogP contribution in [0.1, 0.15) is 25.7 Å². The Kier molecular flexibility index (Phi) is 6.65. The molecule has 0 unspecified atom stereocenters. The first kappa shape index (κ1) is 15.1. The Hall–Kier alpha value is 0.0500. The van der Waals surface area contributed by atoms with E-state index in [9.17, 15) is 8.42 Å². The van der Waals surface area contributed by atoms with E-state index in [4.69, 9.17) is 5.11 Å². The van der Waals surface area contributed by atoms with Crippen LogP contribution in [-0.4, -0.2) is 26.7 Å². The van der Waals surface area contributed by atoms with Crippen LogP contribution in [0.5, 0.6) is 0 Å². The number of hydrogen-bond acceptors (Lipinski definition) is 4. The van der Waals surface area contributed by atoms with Gasteiger partial charge in [-0.25, -0.2) is 13.1 Å². The van der Waals surface area contributed by atoms with Crippen molar-refractivity contribution in [2.24, 2.45) is 0 Å². The number of rotatable bonds is 8. The van der Waals surface area contributed by atoms with Crippen molar-refractivity contribution in [3.8, 4) is 0 Å². The first-order valence-electron chi connectivity index (χ1n) is 5.42. The third kappa shape index (κ3) is 5.48. The van der Waals surface area contributed by atoms with Crippen molar-refractivity contribution < 1.29 is 13.5 Å². The number of nitrogens with one attached hydrogen (secondary N) is 1. The van der Waals surface area contributed by atoms with Gasteiger partial charge in [-0.3, -0.25) is 0 Å². The van der Waals surface area contributed by atoms with E-state index < -0.39 is 10.0 Å². The molecule has 0 saturated carbocycles. The summed E-state index contributed by atoms with van der Waals surface area (Å²) in [5.41, 5.74) is 0. The summed E-state index contributed by atoms with van der Waals surface area (Å²) in [7, 11) is -3.34. The SMILES string of the molecule is O=S(=O)(NCCCCCCO)c1ccc(Br)s1. The van der Waals surface area contributed by atoms with Crippen LogP contribution in [0.4, 0.5) is 0 Å². The number of aliphatic hydroxyl groups excluding tert-OH is 1. The van der Waals surface area contributed by atoms with E-state index in [0.29, 0.717) is 10.8 Å². The molecule has 1 aromatic rings. The summed E-state index contributed by atoms with van der Waals surface area (Å²) in [5, 5.41) is 8.59. The Morgan fingerprint density at radius 1 is 1.24 bits per heavy atom. The Morgan fingerprint density at radius 3 is 2.53 bits per heavy atom. The molecule has 2 N–H and O–H groups in total. The number of sulfonamides is 1. The molecule has 98 valence electrons. The molecule has 0 atom stereocenters. The van der Waals surface area contributed by atoms with E-state index in [1.807, 2.05) is 0 Å². The lowest BCUT2D eigenvalue weighted by atomic mass is 10.2. The van der Waals surface area contributed by atoms with E-state index in [0.717, 1.165) is 29.5 Å². The van der Waals surface area contributed by atoms with Gasteiger partial charge in [0.2, 0.25) is 10.0 Å². The van der Waals surface area contributed by atoms with Crippen LogP contribution < -0.4 is 4.72 Å². The van der Waals surface area contributed by atoms with Crippen LogP contribution in [0.25, 0.3) is 0 Å². The minimum Gasteiger partial charge on any atom is -0.396 e. The smallest absolute Gasteiger partial charge is 0.250 e. The summed E-state index contributed by atoms with van der Waals surface area (Å²) in [6.07, 6.45) is 3.44. The molecule has 0 radical (unpaired) electrons. The standard InChI is InChI=1S/C10H16BrNO3S2/c11-9-5-6-10(16-9)17(14,15)12-7-3-1-2-4-8-13/h5-6,12-13H,1-4,7-8H2. The Bertz CT molecular complexity index is 431. The summed E-state index contributed by atoms with van der Waals surface area (Å²) in [6.45, 7) is 0.651. The lowest BCUT2D eigenvalue weighted by Crippen LogP contribution is -2.23. The Balaban J connectivity index is 2.31. The minimum absolute atomic E-state index is 0.203. The van der Waals surface area contributed by atoms with Crippen molar-refractivity contribution >= 4 is 37.3 Å². The second-order valence-corrected chi connectivity index (χ2v) is 8.05. The highest BCUT2D eigenvalue weighted by atomic mass is 79.9. The van der Waals surface area contributed by atoms with E-state index in [1.165, 1.54) is 11.3 Å². The largest absolute Gasteiger partial charge is 0.396 e. The summed E-state index contributed by atoms with van der Waals surface area (Å²) < 4.78 is 27.2. The van der Waals surface area contributed by atoms with Gasteiger partial charge in [-0.05, 0) is 40.9 Å². The van der Waals surface area contributed by atoms with E-state index >= 15 is 0 Å². The fourth-order valence-corrected chi connectivity index (χ4v) is 4.44. The maximum atomic E-state index is 11.8. The summed E-state index contributed by atoms with van der Waals surface area (Å²) >= 11 is 4.44. The number of aliphatic hydroxyl groups is 1. The summed E-state index contributed by atoms with van der Waals surface area (Å²) in [4.78, 5) is 0. The molecule has 0 aliphatic heterocycles. The molecule has 0 aliphatic carbocycles. The van der Waals surface area contributed by atoms with Gasteiger partial charge in [0.05, 0.1) is 3.79 Å². The van der Waals surface area contributed by atoms with Gasteiger partial charge in [-0.2, -0.15) is 0 Å².